The van der Waals surface area contributed by atoms with Gasteiger partial charge < -0.3 is 0 Å². The van der Waals surface area contributed by atoms with Gasteiger partial charge in [0.2, 0.25) is 0 Å². The molecule has 4 heteroatoms. The summed E-state index contributed by atoms with van der Waals surface area (Å²) in [6, 6.07) is 54.5. The highest BCUT2D eigenvalue weighted by molar-refractivity contribution is 6.18. The van der Waals surface area contributed by atoms with Crippen LogP contribution in [0.3, 0.4) is 0 Å². The molecule has 2 heterocycles. The lowest BCUT2D eigenvalue weighted by molar-refractivity contribution is 1.01. The normalized spacial score (nSPS) is 12.9. The first-order chi connectivity index (χ1) is 27.7. The van der Waals surface area contributed by atoms with Crippen LogP contribution in [0.25, 0.3) is 106 Å². The maximum Gasteiger partial charge on any atom is 0.164 e. The van der Waals surface area contributed by atoms with Crippen LogP contribution in [0.5, 0.6) is 0 Å². The largest absolute Gasteiger partial charge is 0.264 e. The van der Waals surface area contributed by atoms with Crippen molar-refractivity contribution < 1.29 is 0 Å². The monoisotopic (exact) mass is 714 g/mol. The van der Waals surface area contributed by atoms with Crippen molar-refractivity contribution in [2.75, 3.05) is 0 Å². The fourth-order valence-corrected chi connectivity index (χ4v) is 8.39. The number of nitrogens with zero attached hydrogens (tertiary/aromatic N) is 4. The number of hydrogen-bond donors (Lipinski definition) is 0. The summed E-state index contributed by atoms with van der Waals surface area (Å²) in [6.45, 7) is 0. The first-order valence-corrected chi connectivity index (χ1v) is 19.2. The van der Waals surface area contributed by atoms with Crippen molar-refractivity contribution in [2.24, 2.45) is 0 Å². The highest BCUT2D eigenvalue weighted by Crippen LogP contribution is 2.49. The second kappa shape index (κ2) is 13.2. The van der Waals surface area contributed by atoms with E-state index in [2.05, 4.69) is 157 Å². The van der Waals surface area contributed by atoms with Crippen molar-refractivity contribution >= 4 is 27.1 Å². The van der Waals surface area contributed by atoms with Gasteiger partial charge in [-0.05, 0) is 115 Å². The number of hydrogen-bond acceptors (Lipinski definition) is 4. The van der Waals surface area contributed by atoms with Crippen molar-refractivity contribution in [1.82, 2.24) is 19.9 Å². The molecule has 2 aliphatic carbocycles. The van der Waals surface area contributed by atoms with Crippen LogP contribution in [0, 0.1) is 0 Å². The standard InChI is InChI=1S/C52H34N4/c1-3-10-36(11-4-1)50-54-51(37-12-5-2-6-13-37)56-52(55-50)41-30-39(34-20-18-33(19-21-34)38-23-22-35-26-27-53-32-42(35)28-38)29-40(31-41)43-24-25-48-45-15-8-7-14-44(45)47-17-9-16-46(43)49(47)48/h1,3-5,7-32H,2,6H2. The Labute approximate surface area is 325 Å². The third kappa shape index (κ3) is 5.54. The number of fused-ring (bicyclic) bond motifs is 4. The Bertz CT molecular complexity index is 3040. The Morgan fingerprint density at radius 3 is 1.86 bits per heavy atom. The molecule has 0 saturated carbocycles. The van der Waals surface area contributed by atoms with Crippen molar-refractivity contribution in [2.45, 2.75) is 12.8 Å². The quantitative estimate of drug-likeness (QED) is 0.172. The van der Waals surface area contributed by atoms with Gasteiger partial charge in [-0.1, -0.05) is 140 Å². The van der Waals surface area contributed by atoms with Crippen molar-refractivity contribution in [3.63, 3.8) is 0 Å². The fourth-order valence-electron chi connectivity index (χ4n) is 8.39. The van der Waals surface area contributed by atoms with E-state index in [0.717, 1.165) is 62.7 Å². The molecule has 2 aromatic heterocycles. The number of pyridine rings is 1. The summed E-state index contributed by atoms with van der Waals surface area (Å²) in [4.78, 5) is 19.7. The van der Waals surface area contributed by atoms with Gasteiger partial charge in [-0.15, -0.1) is 0 Å². The van der Waals surface area contributed by atoms with E-state index in [9.17, 15) is 0 Å². The number of aromatic nitrogens is 4. The smallest absolute Gasteiger partial charge is 0.164 e. The third-order valence-corrected chi connectivity index (χ3v) is 11.2. The van der Waals surface area contributed by atoms with Gasteiger partial charge >= 0.3 is 0 Å². The number of benzene rings is 7. The van der Waals surface area contributed by atoms with Crippen molar-refractivity contribution in [1.29, 1.82) is 0 Å². The van der Waals surface area contributed by atoms with E-state index in [-0.39, 0.29) is 0 Å². The predicted molar refractivity (Wildman–Crippen MR) is 231 cm³/mol. The Morgan fingerprint density at radius 1 is 0.393 bits per heavy atom. The van der Waals surface area contributed by atoms with Crippen LogP contribution in [0.4, 0.5) is 0 Å². The summed E-state index contributed by atoms with van der Waals surface area (Å²) in [7, 11) is 0. The van der Waals surface area contributed by atoms with Crippen LogP contribution < -0.4 is 0 Å². The van der Waals surface area contributed by atoms with Crippen LogP contribution >= 0.6 is 0 Å². The van der Waals surface area contributed by atoms with E-state index >= 15 is 0 Å². The summed E-state index contributed by atoms with van der Waals surface area (Å²) in [5, 5.41) is 4.85. The van der Waals surface area contributed by atoms with Crippen molar-refractivity contribution in [3.05, 3.63) is 188 Å². The lowest BCUT2D eigenvalue weighted by Gasteiger charge is -2.15. The zero-order valence-corrected chi connectivity index (χ0v) is 30.5. The van der Waals surface area contributed by atoms with Gasteiger partial charge in [0.1, 0.15) is 0 Å². The molecule has 0 spiro atoms. The molecule has 0 bridgehead atoms. The van der Waals surface area contributed by atoms with Gasteiger partial charge in [-0.25, -0.2) is 15.0 Å². The minimum Gasteiger partial charge on any atom is -0.264 e. The van der Waals surface area contributed by atoms with E-state index in [0.29, 0.717) is 17.5 Å². The first kappa shape index (κ1) is 32.2. The summed E-state index contributed by atoms with van der Waals surface area (Å²) >= 11 is 0. The van der Waals surface area contributed by atoms with Gasteiger partial charge in [-0.3, -0.25) is 4.98 Å². The second-order valence-electron chi connectivity index (χ2n) is 14.6. The topological polar surface area (TPSA) is 51.6 Å². The zero-order chi connectivity index (χ0) is 37.0. The molecule has 0 fully saturated rings. The Kier molecular flexibility index (Phi) is 7.59. The average molecular weight is 715 g/mol. The predicted octanol–water partition coefficient (Wildman–Crippen LogP) is 13.3. The third-order valence-electron chi connectivity index (χ3n) is 11.2. The molecule has 0 atom stereocenters. The van der Waals surface area contributed by atoms with Crippen LogP contribution in [0.2, 0.25) is 0 Å². The lowest BCUT2D eigenvalue weighted by Crippen LogP contribution is -2.03. The molecule has 0 saturated heterocycles. The lowest BCUT2D eigenvalue weighted by atomic mass is 9.90. The highest BCUT2D eigenvalue weighted by atomic mass is 15.0. The molecule has 11 rings (SSSR count). The molecular formula is C52H34N4. The van der Waals surface area contributed by atoms with E-state index < -0.39 is 0 Å². The van der Waals surface area contributed by atoms with Crippen LogP contribution in [-0.4, -0.2) is 19.9 Å². The average Bonchev–Trinajstić information content (AvgIpc) is 3.61. The summed E-state index contributed by atoms with van der Waals surface area (Å²) in [5.41, 5.74) is 14.9. The van der Waals surface area contributed by atoms with Crippen LogP contribution in [-0.2, 0) is 0 Å². The van der Waals surface area contributed by atoms with Crippen molar-refractivity contribution in [3.8, 4) is 78.4 Å². The Balaban J connectivity index is 1.10. The molecule has 0 unspecified atom stereocenters. The minimum atomic E-state index is 0.650. The van der Waals surface area contributed by atoms with Crippen LogP contribution in [0.1, 0.15) is 18.7 Å². The fraction of sp³-hybridized carbons (Fsp3) is 0.0385. The molecule has 0 radical (unpaired) electrons. The summed E-state index contributed by atoms with van der Waals surface area (Å²) in [5.74, 6) is 2.00. The first-order valence-electron chi connectivity index (χ1n) is 19.2. The van der Waals surface area contributed by atoms with E-state index in [1.807, 2.05) is 30.6 Å². The minimum absolute atomic E-state index is 0.650. The Hall–Kier alpha value is -7.30. The van der Waals surface area contributed by atoms with E-state index in [1.165, 1.54) is 44.0 Å². The molecule has 0 amide bonds. The van der Waals surface area contributed by atoms with Gasteiger partial charge in [0.25, 0.3) is 0 Å². The Morgan fingerprint density at radius 2 is 1.05 bits per heavy atom. The van der Waals surface area contributed by atoms with E-state index in [1.54, 1.807) is 0 Å². The molecule has 262 valence electrons. The molecule has 7 aromatic carbocycles. The van der Waals surface area contributed by atoms with E-state index in [4.69, 9.17) is 15.0 Å². The zero-order valence-electron chi connectivity index (χ0n) is 30.5. The SMILES string of the molecule is C1=CC(c2nc(-c3ccccc3)nc(-c3cc(-c4ccc(-c5ccc6ccncc6c5)cc4)cc(-c4ccc5c6c(cccc46)-c4ccccc4-5)c3)n2)=CCC1. The van der Waals surface area contributed by atoms with Crippen LogP contribution in [0.15, 0.2) is 182 Å². The molecule has 4 nitrogen and oxygen atoms in total. The molecule has 9 aromatic rings. The maximum absolute atomic E-state index is 5.18. The maximum atomic E-state index is 5.18. The molecular weight excluding hydrogens is 681 g/mol. The molecule has 56 heavy (non-hydrogen) atoms. The molecule has 2 aliphatic rings. The summed E-state index contributed by atoms with van der Waals surface area (Å²) < 4.78 is 0. The second-order valence-corrected chi connectivity index (χ2v) is 14.6. The molecule has 0 N–H and O–H groups in total. The van der Waals surface area contributed by atoms with Gasteiger partial charge in [-0.2, -0.15) is 0 Å². The highest BCUT2D eigenvalue weighted by Gasteiger charge is 2.23. The van der Waals surface area contributed by atoms with Gasteiger partial charge in [0.05, 0.1) is 0 Å². The number of allylic oxidation sites excluding steroid dienone is 4. The van der Waals surface area contributed by atoms with Gasteiger partial charge in [0.15, 0.2) is 17.5 Å². The van der Waals surface area contributed by atoms with Gasteiger partial charge in [0, 0.05) is 34.5 Å². The number of rotatable bonds is 6. The molecule has 0 aliphatic heterocycles. The summed E-state index contributed by atoms with van der Waals surface area (Å²) in [6.07, 6.45) is 12.3.